The molecule has 14 heavy (non-hydrogen) atoms. The van der Waals surface area contributed by atoms with E-state index in [0.717, 1.165) is 6.07 Å². The van der Waals surface area contributed by atoms with E-state index in [1.54, 1.807) is 0 Å². The van der Waals surface area contributed by atoms with E-state index >= 15 is 0 Å². The minimum atomic E-state index is -1.06. The maximum absolute atomic E-state index is 12.8. The Morgan fingerprint density at radius 3 is 2.57 bits per heavy atom. The van der Waals surface area contributed by atoms with Crippen LogP contribution in [-0.4, -0.2) is 21.6 Å². The number of nitrogens with two attached hydrogens (primary N) is 1. The lowest BCUT2D eigenvalue weighted by molar-refractivity contribution is 0.0343. The van der Waals surface area contributed by atoms with E-state index in [1.807, 2.05) is 0 Å². The lowest BCUT2D eigenvalue weighted by atomic mass is 10.0. The molecule has 5 heteroatoms. The maximum atomic E-state index is 12.8. The summed E-state index contributed by atoms with van der Waals surface area (Å²) in [6.45, 7) is 0. The first-order valence-electron chi connectivity index (χ1n) is 4.03. The third kappa shape index (κ3) is 2.43. The highest BCUT2D eigenvalue weighted by atomic mass is 79.9. The predicted octanol–water partition coefficient (Wildman–Crippen LogP) is 1.20. The van der Waals surface area contributed by atoms with Crippen LogP contribution in [0.1, 0.15) is 11.7 Å². The van der Waals surface area contributed by atoms with Crippen molar-refractivity contribution in [2.45, 2.75) is 12.2 Å². The predicted molar refractivity (Wildman–Crippen MR) is 55.6 cm³/mol. The van der Waals surface area contributed by atoms with E-state index in [-0.39, 0.29) is 11.0 Å². The summed E-state index contributed by atoms with van der Waals surface area (Å²) >= 11 is 3.03. The smallest absolute Gasteiger partial charge is 0.146 e. The molecule has 0 radical (unpaired) electrons. The highest BCUT2D eigenvalue weighted by Crippen LogP contribution is 2.21. The van der Waals surface area contributed by atoms with Crippen LogP contribution in [0.5, 0.6) is 0 Å². The molecular weight excluding hydrogens is 253 g/mol. The second kappa shape index (κ2) is 4.72. The van der Waals surface area contributed by atoms with E-state index in [2.05, 4.69) is 15.9 Å². The van der Waals surface area contributed by atoms with Crippen LogP contribution in [0.3, 0.4) is 0 Å². The number of aliphatic hydroxyl groups is 2. The van der Waals surface area contributed by atoms with Gasteiger partial charge >= 0.3 is 0 Å². The lowest BCUT2D eigenvalue weighted by Gasteiger charge is -2.16. The highest BCUT2D eigenvalue weighted by molar-refractivity contribution is 9.09. The first-order valence-corrected chi connectivity index (χ1v) is 5.15. The van der Waals surface area contributed by atoms with Crippen LogP contribution in [0.15, 0.2) is 18.2 Å². The SMILES string of the molecule is Nc1cc(C(O)C(O)CBr)ccc1F. The molecule has 3 nitrogen and oxygen atoms in total. The van der Waals surface area contributed by atoms with Crippen molar-refractivity contribution >= 4 is 21.6 Å². The number of halogens is 2. The zero-order valence-electron chi connectivity index (χ0n) is 7.32. The molecule has 0 spiro atoms. The highest BCUT2D eigenvalue weighted by Gasteiger charge is 2.17. The Morgan fingerprint density at radius 2 is 2.07 bits per heavy atom. The second-order valence-corrected chi connectivity index (χ2v) is 3.59. The number of alkyl halides is 1. The van der Waals surface area contributed by atoms with Gasteiger partial charge in [0, 0.05) is 5.33 Å². The normalized spacial score (nSPS) is 15.1. The van der Waals surface area contributed by atoms with Gasteiger partial charge < -0.3 is 15.9 Å². The number of nitrogen functional groups attached to an aromatic ring is 1. The molecule has 0 aromatic heterocycles. The van der Waals surface area contributed by atoms with Gasteiger partial charge in [-0.1, -0.05) is 22.0 Å². The second-order valence-electron chi connectivity index (χ2n) is 2.95. The van der Waals surface area contributed by atoms with Gasteiger partial charge in [-0.25, -0.2) is 4.39 Å². The molecule has 0 saturated heterocycles. The molecule has 0 heterocycles. The molecule has 1 aromatic rings. The molecule has 0 saturated carbocycles. The van der Waals surface area contributed by atoms with Crippen molar-refractivity contribution in [2.24, 2.45) is 0 Å². The lowest BCUT2D eigenvalue weighted by Crippen LogP contribution is -2.19. The molecular formula is C9H11BrFNO2. The number of rotatable bonds is 3. The zero-order valence-corrected chi connectivity index (χ0v) is 8.91. The summed E-state index contributed by atoms with van der Waals surface area (Å²) in [5, 5.41) is 19.1. The van der Waals surface area contributed by atoms with E-state index < -0.39 is 18.0 Å². The molecule has 0 aliphatic carbocycles. The van der Waals surface area contributed by atoms with Gasteiger partial charge in [0.1, 0.15) is 11.9 Å². The molecule has 0 bridgehead atoms. The van der Waals surface area contributed by atoms with Crippen LogP contribution in [0.4, 0.5) is 10.1 Å². The van der Waals surface area contributed by atoms with E-state index in [0.29, 0.717) is 5.56 Å². The van der Waals surface area contributed by atoms with E-state index in [4.69, 9.17) is 5.73 Å². The molecule has 2 unspecified atom stereocenters. The Balaban J connectivity index is 2.91. The van der Waals surface area contributed by atoms with E-state index in [1.165, 1.54) is 12.1 Å². The van der Waals surface area contributed by atoms with Crippen LogP contribution in [0.2, 0.25) is 0 Å². The Kier molecular flexibility index (Phi) is 3.86. The molecule has 78 valence electrons. The molecule has 0 amide bonds. The number of anilines is 1. The third-order valence-electron chi connectivity index (χ3n) is 1.88. The van der Waals surface area contributed by atoms with Gasteiger partial charge in [0.15, 0.2) is 0 Å². The van der Waals surface area contributed by atoms with Gasteiger partial charge in [0.05, 0.1) is 11.8 Å². The van der Waals surface area contributed by atoms with Crippen molar-refractivity contribution in [2.75, 3.05) is 11.1 Å². The summed E-state index contributed by atoms with van der Waals surface area (Å²) in [5.74, 6) is -0.533. The van der Waals surface area contributed by atoms with Gasteiger partial charge in [-0.2, -0.15) is 0 Å². The first kappa shape index (κ1) is 11.4. The number of aliphatic hydroxyl groups excluding tert-OH is 2. The fourth-order valence-corrected chi connectivity index (χ4v) is 1.41. The molecule has 2 atom stereocenters. The van der Waals surface area contributed by atoms with E-state index in [9.17, 15) is 14.6 Å². The largest absolute Gasteiger partial charge is 0.396 e. The average Bonchev–Trinajstić information content (AvgIpc) is 2.20. The van der Waals surface area contributed by atoms with Crippen molar-refractivity contribution in [3.8, 4) is 0 Å². The number of hydrogen-bond acceptors (Lipinski definition) is 3. The Labute approximate surface area is 89.5 Å². The molecule has 1 aromatic carbocycles. The van der Waals surface area contributed by atoms with Gasteiger partial charge in [-0.05, 0) is 17.7 Å². The quantitative estimate of drug-likeness (QED) is 0.567. The summed E-state index contributed by atoms with van der Waals surface area (Å²) < 4.78 is 12.8. The monoisotopic (exact) mass is 263 g/mol. The molecule has 0 aliphatic rings. The number of hydrogen-bond donors (Lipinski definition) is 3. The van der Waals surface area contributed by atoms with Crippen molar-refractivity contribution in [1.82, 2.24) is 0 Å². The topological polar surface area (TPSA) is 66.5 Å². The maximum Gasteiger partial charge on any atom is 0.146 e. The fraction of sp³-hybridized carbons (Fsp3) is 0.333. The van der Waals surface area contributed by atoms with Gasteiger partial charge in [0.25, 0.3) is 0 Å². The van der Waals surface area contributed by atoms with Crippen LogP contribution in [0, 0.1) is 5.82 Å². The van der Waals surface area contributed by atoms with Crippen molar-refractivity contribution < 1.29 is 14.6 Å². The summed E-state index contributed by atoms with van der Waals surface area (Å²) in [6.07, 6.45) is -1.99. The third-order valence-corrected chi connectivity index (χ3v) is 2.55. The van der Waals surface area contributed by atoms with Gasteiger partial charge in [0.2, 0.25) is 0 Å². The van der Waals surface area contributed by atoms with Gasteiger partial charge in [-0.3, -0.25) is 0 Å². The summed E-state index contributed by atoms with van der Waals surface area (Å²) in [4.78, 5) is 0. The van der Waals surface area contributed by atoms with Crippen LogP contribution >= 0.6 is 15.9 Å². The van der Waals surface area contributed by atoms with Crippen LogP contribution in [-0.2, 0) is 0 Å². The van der Waals surface area contributed by atoms with Crippen LogP contribution < -0.4 is 5.73 Å². The molecule has 0 aliphatic heterocycles. The fourth-order valence-electron chi connectivity index (χ4n) is 1.05. The summed E-state index contributed by atoms with van der Waals surface area (Å²) in [5.41, 5.74) is 5.68. The van der Waals surface area contributed by atoms with Crippen LogP contribution in [0.25, 0.3) is 0 Å². The molecule has 1 rings (SSSR count). The van der Waals surface area contributed by atoms with Crippen molar-refractivity contribution in [3.05, 3.63) is 29.6 Å². The zero-order chi connectivity index (χ0) is 10.7. The average molecular weight is 264 g/mol. The minimum Gasteiger partial charge on any atom is -0.396 e. The van der Waals surface area contributed by atoms with Crippen molar-refractivity contribution in [1.29, 1.82) is 0 Å². The summed E-state index contributed by atoms with van der Waals surface area (Å²) in [7, 11) is 0. The Morgan fingerprint density at radius 1 is 1.43 bits per heavy atom. The first-order chi connectivity index (χ1) is 6.56. The Hall–Kier alpha value is -0.650. The summed E-state index contributed by atoms with van der Waals surface area (Å²) in [6, 6.07) is 3.86. The standard InChI is InChI=1S/C9H11BrFNO2/c10-4-8(13)9(14)5-1-2-6(11)7(12)3-5/h1-3,8-9,13-14H,4,12H2. The Bertz CT molecular complexity index is 322. The van der Waals surface area contributed by atoms with Crippen molar-refractivity contribution in [3.63, 3.8) is 0 Å². The molecule has 4 N–H and O–H groups in total. The van der Waals surface area contributed by atoms with Gasteiger partial charge in [-0.15, -0.1) is 0 Å². The molecule has 0 fully saturated rings. The number of benzene rings is 1. The minimum absolute atomic E-state index is 0.0386.